The van der Waals surface area contributed by atoms with Crippen molar-refractivity contribution in [1.29, 1.82) is 0 Å². The summed E-state index contributed by atoms with van der Waals surface area (Å²) in [5.74, 6) is 0.422. The van der Waals surface area contributed by atoms with Crippen LogP contribution >= 0.6 is 11.6 Å². The third-order valence-electron chi connectivity index (χ3n) is 4.15. The molecule has 0 radical (unpaired) electrons. The van der Waals surface area contributed by atoms with Crippen molar-refractivity contribution in [2.75, 3.05) is 0 Å². The lowest BCUT2D eigenvalue weighted by atomic mass is 10.1. The highest BCUT2D eigenvalue weighted by Gasteiger charge is 2.24. The first-order chi connectivity index (χ1) is 11.7. The Bertz CT molecular complexity index is 894. The first-order valence-corrected chi connectivity index (χ1v) is 7.99. The Kier molecular flexibility index (Phi) is 3.74. The van der Waals surface area contributed by atoms with Gasteiger partial charge < -0.3 is 5.32 Å². The van der Waals surface area contributed by atoms with Crippen molar-refractivity contribution in [2.45, 2.75) is 18.9 Å². The fourth-order valence-electron chi connectivity index (χ4n) is 2.99. The van der Waals surface area contributed by atoms with Crippen LogP contribution in [0.25, 0.3) is 5.82 Å². The predicted molar refractivity (Wildman–Crippen MR) is 89.1 cm³/mol. The van der Waals surface area contributed by atoms with Gasteiger partial charge in [0.05, 0.1) is 6.04 Å². The van der Waals surface area contributed by atoms with E-state index < -0.39 is 0 Å². The van der Waals surface area contributed by atoms with Crippen LogP contribution in [0, 0.1) is 0 Å². The fourth-order valence-corrected chi connectivity index (χ4v) is 3.18. The lowest BCUT2D eigenvalue weighted by Gasteiger charge is -2.14. The van der Waals surface area contributed by atoms with E-state index in [9.17, 15) is 4.79 Å². The summed E-state index contributed by atoms with van der Waals surface area (Å²) < 4.78 is 1.52. The Morgan fingerprint density at radius 3 is 3.04 bits per heavy atom. The maximum atomic E-state index is 12.6. The molecule has 1 amide bonds. The summed E-state index contributed by atoms with van der Waals surface area (Å²) in [5, 5.41) is 7.84. The lowest BCUT2D eigenvalue weighted by Crippen LogP contribution is -2.27. The van der Waals surface area contributed by atoms with E-state index in [-0.39, 0.29) is 11.9 Å². The van der Waals surface area contributed by atoms with Gasteiger partial charge in [0.15, 0.2) is 5.82 Å². The van der Waals surface area contributed by atoms with Crippen molar-refractivity contribution in [3.63, 3.8) is 0 Å². The normalized spacial score (nSPS) is 16.0. The van der Waals surface area contributed by atoms with Gasteiger partial charge in [0, 0.05) is 16.8 Å². The summed E-state index contributed by atoms with van der Waals surface area (Å²) in [4.78, 5) is 20.7. The molecular formula is C17H14ClN5O. The molecule has 24 heavy (non-hydrogen) atoms. The number of hydrogen-bond acceptors (Lipinski definition) is 4. The van der Waals surface area contributed by atoms with Gasteiger partial charge in [-0.1, -0.05) is 17.7 Å². The first kappa shape index (κ1) is 14.8. The van der Waals surface area contributed by atoms with E-state index in [0.29, 0.717) is 11.4 Å². The summed E-state index contributed by atoms with van der Waals surface area (Å²) in [6.45, 7) is 0. The van der Waals surface area contributed by atoms with Crippen LogP contribution in [0.5, 0.6) is 0 Å². The molecule has 6 nitrogen and oxygen atoms in total. The molecule has 0 bridgehead atoms. The van der Waals surface area contributed by atoms with Crippen LogP contribution in [0.1, 0.15) is 33.9 Å². The molecule has 1 aliphatic carbocycles. The number of pyridine rings is 1. The third kappa shape index (κ3) is 2.76. The van der Waals surface area contributed by atoms with Gasteiger partial charge in [0.25, 0.3) is 5.91 Å². The number of benzene rings is 1. The second-order valence-corrected chi connectivity index (χ2v) is 6.09. The fraction of sp³-hybridized carbons (Fsp3) is 0.176. The Morgan fingerprint density at radius 1 is 1.29 bits per heavy atom. The predicted octanol–water partition coefficient (Wildman–Crippen LogP) is 2.73. The zero-order valence-electron chi connectivity index (χ0n) is 12.7. The lowest BCUT2D eigenvalue weighted by molar-refractivity contribution is 0.0936. The van der Waals surface area contributed by atoms with Gasteiger partial charge in [-0.2, -0.15) is 5.10 Å². The van der Waals surface area contributed by atoms with E-state index in [1.165, 1.54) is 16.6 Å². The zero-order chi connectivity index (χ0) is 16.5. The summed E-state index contributed by atoms with van der Waals surface area (Å²) in [7, 11) is 0. The SMILES string of the molecule is O=C(N[C@@H]1CCc2cc(Cl)ccc21)c1ccnc(-n2cncn2)c1. The van der Waals surface area contributed by atoms with Crippen molar-refractivity contribution >= 4 is 17.5 Å². The molecule has 3 aromatic rings. The van der Waals surface area contributed by atoms with E-state index in [2.05, 4.69) is 20.4 Å². The quantitative estimate of drug-likeness (QED) is 0.796. The van der Waals surface area contributed by atoms with Crippen LogP contribution in [-0.4, -0.2) is 25.7 Å². The minimum atomic E-state index is -0.133. The molecular weight excluding hydrogens is 326 g/mol. The summed E-state index contributed by atoms with van der Waals surface area (Å²) in [6, 6.07) is 9.21. The standard InChI is InChI=1S/C17H14ClN5O/c18-13-2-3-14-11(7-13)1-4-15(14)22-17(24)12-5-6-20-16(8-12)23-10-19-9-21-23/h2-3,5-10,15H,1,4H2,(H,22,24)/t15-/m1/s1. The van der Waals surface area contributed by atoms with Gasteiger partial charge in [-0.3, -0.25) is 4.79 Å². The smallest absolute Gasteiger partial charge is 0.251 e. The number of amides is 1. The maximum Gasteiger partial charge on any atom is 0.251 e. The van der Waals surface area contributed by atoms with Crippen molar-refractivity contribution in [2.24, 2.45) is 0 Å². The molecule has 0 saturated heterocycles. The Morgan fingerprint density at radius 2 is 2.21 bits per heavy atom. The Hall–Kier alpha value is -2.73. The van der Waals surface area contributed by atoms with Gasteiger partial charge in [-0.15, -0.1) is 0 Å². The number of nitrogens with zero attached hydrogens (tertiary/aromatic N) is 4. The monoisotopic (exact) mass is 339 g/mol. The van der Waals surface area contributed by atoms with E-state index >= 15 is 0 Å². The molecule has 0 unspecified atom stereocenters. The molecule has 2 aromatic heterocycles. The molecule has 4 rings (SSSR count). The zero-order valence-corrected chi connectivity index (χ0v) is 13.4. The molecule has 0 fully saturated rings. The van der Waals surface area contributed by atoms with Gasteiger partial charge in [-0.25, -0.2) is 14.6 Å². The largest absolute Gasteiger partial charge is 0.345 e. The third-order valence-corrected chi connectivity index (χ3v) is 4.38. The van der Waals surface area contributed by atoms with Crippen molar-refractivity contribution in [3.05, 3.63) is 70.9 Å². The maximum absolute atomic E-state index is 12.6. The number of fused-ring (bicyclic) bond motifs is 1. The van der Waals surface area contributed by atoms with Crippen LogP contribution in [-0.2, 0) is 6.42 Å². The average Bonchev–Trinajstić information content (AvgIpc) is 3.25. The minimum Gasteiger partial charge on any atom is -0.345 e. The highest BCUT2D eigenvalue weighted by Crippen LogP contribution is 2.33. The highest BCUT2D eigenvalue weighted by atomic mass is 35.5. The number of aryl methyl sites for hydroxylation is 1. The van der Waals surface area contributed by atoms with Crippen molar-refractivity contribution < 1.29 is 4.79 Å². The van der Waals surface area contributed by atoms with E-state index in [0.717, 1.165) is 23.4 Å². The van der Waals surface area contributed by atoms with Gasteiger partial charge in [0.1, 0.15) is 12.7 Å². The van der Waals surface area contributed by atoms with Crippen LogP contribution in [0.2, 0.25) is 5.02 Å². The van der Waals surface area contributed by atoms with Crippen LogP contribution in [0.15, 0.2) is 49.2 Å². The number of carbonyl (C=O) groups excluding carboxylic acids is 1. The summed E-state index contributed by atoms with van der Waals surface area (Å²) in [6.07, 6.45) is 6.36. The van der Waals surface area contributed by atoms with Gasteiger partial charge >= 0.3 is 0 Å². The molecule has 2 heterocycles. The van der Waals surface area contributed by atoms with E-state index in [4.69, 9.17) is 11.6 Å². The average molecular weight is 340 g/mol. The molecule has 0 saturated carbocycles. The molecule has 0 aliphatic heterocycles. The number of halogens is 1. The Balaban J connectivity index is 1.55. The minimum absolute atomic E-state index is 0.00718. The van der Waals surface area contributed by atoms with Crippen molar-refractivity contribution in [3.8, 4) is 5.82 Å². The van der Waals surface area contributed by atoms with Gasteiger partial charge in [0.2, 0.25) is 0 Å². The first-order valence-electron chi connectivity index (χ1n) is 7.61. The molecule has 7 heteroatoms. The molecule has 1 N–H and O–H groups in total. The van der Waals surface area contributed by atoms with Crippen molar-refractivity contribution in [1.82, 2.24) is 25.1 Å². The number of hydrogen-bond donors (Lipinski definition) is 1. The molecule has 1 aliphatic rings. The topological polar surface area (TPSA) is 72.7 Å². The summed E-state index contributed by atoms with van der Waals surface area (Å²) in [5.41, 5.74) is 2.88. The van der Waals surface area contributed by atoms with E-state index in [1.807, 2.05) is 18.2 Å². The number of aromatic nitrogens is 4. The molecule has 1 atom stereocenters. The molecule has 120 valence electrons. The number of nitrogens with one attached hydrogen (secondary N) is 1. The van der Waals surface area contributed by atoms with Crippen LogP contribution in [0.3, 0.4) is 0 Å². The van der Waals surface area contributed by atoms with Crippen LogP contribution < -0.4 is 5.32 Å². The second-order valence-electron chi connectivity index (χ2n) is 5.65. The highest BCUT2D eigenvalue weighted by molar-refractivity contribution is 6.30. The van der Waals surface area contributed by atoms with Gasteiger partial charge in [-0.05, 0) is 48.2 Å². The molecule has 0 spiro atoms. The number of rotatable bonds is 3. The van der Waals surface area contributed by atoms with E-state index in [1.54, 1.807) is 24.7 Å². The summed E-state index contributed by atoms with van der Waals surface area (Å²) >= 11 is 6.03. The molecule has 1 aromatic carbocycles. The number of carbonyl (C=O) groups is 1. The second kappa shape index (κ2) is 6.05. The Labute approximate surface area is 143 Å². The van der Waals surface area contributed by atoms with Crippen LogP contribution in [0.4, 0.5) is 0 Å².